The van der Waals surface area contributed by atoms with Gasteiger partial charge in [-0.05, 0) is 11.5 Å². The van der Waals surface area contributed by atoms with E-state index in [-0.39, 0.29) is 18.0 Å². The fourth-order valence-electron chi connectivity index (χ4n) is 2.03. The van der Waals surface area contributed by atoms with Crippen molar-refractivity contribution in [2.45, 2.75) is 25.9 Å². The van der Waals surface area contributed by atoms with Crippen molar-refractivity contribution in [3.05, 3.63) is 35.9 Å². The van der Waals surface area contributed by atoms with E-state index in [1.165, 1.54) is 0 Å². The third-order valence-corrected chi connectivity index (χ3v) is 3.04. The topological polar surface area (TPSA) is 50.7 Å². The number of ether oxygens (including phenoxy) is 1. The summed E-state index contributed by atoms with van der Waals surface area (Å²) in [5, 5.41) is 2.76. The molecule has 1 heterocycles. The van der Waals surface area contributed by atoms with Crippen LogP contribution in [0.25, 0.3) is 0 Å². The number of aliphatic imine (C=N–C) groups is 1. The highest BCUT2D eigenvalue weighted by Gasteiger charge is 2.28. The quantitative estimate of drug-likeness (QED) is 0.807. The monoisotopic (exact) mass is 246 g/mol. The molecule has 1 N–H and O–H groups in total. The molecule has 0 aliphatic carbocycles. The lowest BCUT2D eigenvalue weighted by Crippen LogP contribution is -2.40. The van der Waals surface area contributed by atoms with E-state index in [4.69, 9.17) is 4.74 Å². The van der Waals surface area contributed by atoms with Gasteiger partial charge in [0.2, 0.25) is 12.3 Å². The molecule has 1 aromatic rings. The summed E-state index contributed by atoms with van der Waals surface area (Å²) in [5.74, 6) is 0.884. The largest absolute Gasteiger partial charge is 0.477 e. The molecule has 18 heavy (non-hydrogen) atoms. The van der Waals surface area contributed by atoms with Crippen LogP contribution in [0.1, 0.15) is 25.5 Å². The highest BCUT2D eigenvalue weighted by atomic mass is 16.5. The van der Waals surface area contributed by atoms with Crippen LogP contribution in [0.4, 0.5) is 0 Å². The summed E-state index contributed by atoms with van der Waals surface area (Å²) in [6, 6.07) is 9.94. The Balaban J connectivity index is 2.14. The first kappa shape index (κ1) is 12.6. The molecular weight excluding hydrogens is 228 g/mol. The van der Waals surface area contributed by atoms with Crippen molar-refractivity contribution >= 4 is 12.3 Å². The zero-order valence-electron chi connectivity index (χ0n) is 10.7. The van der Waals surface area contributed by atoms with Gasteiger partial charge in [-0.15, -0.1) is 0 Å². The number of carbonyl (C=O) groups excluding carboxylic acids is 1. The minimum atomic E-state index is -0.142. The molecular formula is C14H18N2O2. The normalized spacial score (nSPS) is 20.2. The van der Waals surface area contributed by atoms with Crippen molar-refractivity contribution in [1.29, 1.82) is 0 Å². The first-order valence-electron chi connectivity index (χ1n) is 6.17. The molecule has 0 saturated heterocycles. The van der Waals surface area contributed by atoms with Gasteiger partial charge in [0.25, 0.3) is 0 Å². The summed E-state index contributed by atoms with van der Waals surface area (Å²) < 4.78 is 5.62. The van der Waals surface area contributed by atoms with Crippen LogP contribution in [0.5, 0.6) is 0 Å². The third-order valence-electron chi connectivity index (χ3n) is 3.04. The fourth-order valence-corrected chi connectivity index (χ4v) is 2.03. The van der Waals surface area contributed by atoms with Gasteiger partial charge in [0, 0.05) is 0 Å². The van der Waals surface area contributed by atoms with Crippen LogP contribution >= 0.6 is 0 Å². The van der Waals surface area contributed by atoms with Gasteiger partial charge in [-0.1, -0.05) is 44.2 Å². The Bertz CT molecular complexity index is 429. The lowest BCUT2D eigenvalue weighted by molar-refractivity contribution is -0.110. The van der Waals surface area contributed by atoms with Gasteiger partial charge >= 0.3 is 0 Å². The van der Waals surface area contributed by atoms with Gasteiger partial charge < -0.3 is 10.1 Å². The predicted molar refractivity (Wildman–Crippen MR) is 70.4 cm³/mol. The Hall–Kier alpha value is -1.84. The van der Waals surface area contributed by atoms with E-state index in [9.17, 15) is 4.79 Å². The van der Waals surface area contributed by atoms with Crippen LogP contribution in [0.3, 0.4) is 0 Å². The molecule has 2 rings (SSSR count). The molecule has 0 aromatic heterocycles. The number of nitrogens with one attached hydrogen (secondary N) is 1. The van der Waals surface area contributed by atoms with Crippen molar-refractivity contribution in [2.75, 3.05) is 6.61 Å². The second-order valence-electron chi connectivity index (χ2n) is 4.71. The number of hydrogen-bond acceptors (Lipinski definition) is 3. The average molecular weight is 246 g/mol. The van der Waals surface area contributed by atoms with Gasteiger partial charge in [0.15, 0.2) is 0 Å². The molecule has 1 aliphatic rings. The molecule has 0 spiro atoms. The summed E-state index contributed by atoms with van der Waals surface area (Å²) in [7, 11) is 0. The Morgan fingerprint density at radius 1 is 1.39 bits per heavy atom. The summed E-state index contributed by atoms with van der Waals surface area (Å²) in [4.78, 5) is 15.2. The summed E-state index contributed by atoms with van der Waals surface area (Å²) >= 11 is 0. The minimum Gasteiger partial charge on any atom is -0.477 e. The summed E-state index contributed by atoms with van der Waals surface area (Å²) in [6.45, 7) is 4.61. The van der Waals surface area contributed by atoms with Gasteiger partial charge in [-0.3, -0.25) is 4.79 Å². The maximum Gasteiger partial charge on any atom is 0.207 e. The van der Waals surface area contributed by atoms with E-state index in [1.54, 1.807) is 0 Å². The van der Waals surface area contributed by atoms with Crippen molar-refractivity contribution in [1.82, 2.24) is 5.32 Å². The number of nitrogens with zero attached hydrogens (tertiary/aromatic N) is 1. The van der Waals surface area contributed by atoms with Crippen LogP contribution in [-0.4, -0.2) is 25.0 Å². The molecule has 4 heteroatoms. The van der Waals surface area contributed by atoms with E-state index in [2.05, 4.69) is 10.3 Å². The maximum atomic E-state index is 10.6. The molecule has 0 unspecified atom stereocenters. The highest BCUT2D eigenvalue weighted by Crippen LogP contribution is 2.24. The van der Waals surface area contributed by atoms with Gasteiger partial charge in [0.05, 0.1) is 0 Å². The first-order valence-corrected chi connectivity index (χ1v) is 6.17. The van der Waals surface area contributed by atoms with E-state index >= 15 is 0 Å². The average Bonchev–Trinajstić information content (AvgIpc) is 2.86. The molecule has 1 amide bonds. The molecule has 96 valence electrons. The zero-order chi connectivity index (χ0) is 13.0. The van der Waals surface area contributed by atoms with Crippen LogP contribution in [0.15, 0.2) is 35.3 Å². The third kappa shape index (κ3) is 2.70. The molecule has 1 aliphatic heterocycles. The number of carbonyl (C=O) groups is 1. The number of hydrogen-bond donors (Lipinski definition) is 1. The second kappa shape index (κ2) is 5.67. The zero-order valence-corrected chi connectivity index (χ0v) is 10.7. The predicted octanol–water partition coefficient (Wildman–Crippen LogP) is 1.93. The minimum absolute atomic E-state index is 0.0379. The summed E-state index contributed by atoms with van der Waals surface area (Å²) in [5.41, 5.74) is 1.14. The van der Waals surface area contributed by atoms with E-state index in [0.29, 0.717) is 18.9 Å². The van der Waals surface area contributed by atoms with Gasteiger partial charge in [0.1, 0.15) is 18.7 Å². The van der Waals surface area contributed by atoms with Crippen molar-refractivity contribution < 1.29 is 9.53 Å². The molecule has 4 nitrogen and oxygen atoms in total. The molecule has 0 bridgehead atoms. The smallest absolute Gasteiger partial charge is 0.207 e. The lowest BCUT2D eigenvalue weighted by Gasteiger charge is -2.18. The Kier molecular flexibility index (Phi) is 3.97. The van der Waals surface area contributed by atoms with E-state index < -0.39 is 0 Å². The number of amides is 1. The Labute approximate surface area is 107 Å². The first-order chi connectivity index (χ1) is 8.72. The van der Waals surface area contributed by atoms with Crippen molar-refractivity contribution in [2.24, 2.45) is 10.9 Å². The fraction of sp³-hybridized carbons (Fsp3) is 0.429. The Morgan fingerprint density at radius 2 is 2.11 bits per heavy atom. The number of benzene rings is 1. The molecule has 0 fully saturated rings. The SMILES string of the molecule is CC(C)[C@H](NC=O)C1=N[C@H](c2ccccc2)CO1. The van der Waals surface area contributed by atoms with Crippen LogP contribution in [0, 0.1) is 5.92 Å². The van der Waals surface area contributed by atoms with Crippen LogP contribution in [0.2, 0.25) is 0 Å². The Morgan fingerprint density at radius 3 is 2.72 bits per heavy atom. The molecule has 0 radical (unpaired) electrons. The number of rotatable bonds is 5. The van der Waals surface area contributed by atoms with E-state index in [0.717, 1.165) is 5.56 Å². The standard InChI is InChI=1S/C14H18N2O2/c1-10(2)13(15-9-17)14-16-12(8-18-14)11-6-4-3-5-7-11/h3-7,9-10,12-13H,8H2,1-2H3,(H,15,17)/t12-,13-/m0/s1. The second-order valence-corrected chi connectivity index (χ2v) is 4.71. The van der Waals surface area contributed by atoms with Gasteiger partial charge in [-0.25, -0.2) is 4.99 Å². The van der Waals surface area contributed by atoms with Crippen molar-refractivity contribution in [3.63, 3.8) is 0 Å². The molecule has 2 atom stereocenters. The lowest BCUT2D eigenvalue weighted by atomic mass is 10.0. The summed E-state index contributed by atoms with van der Waals surface area (Å²) in [6.07, 6.45) is 0.701. The van der Waals surface area contributed by atoms with E-state index in [1.807, 2.05) is 44.2 Å². The van der Waals surface area contributed by atoms with Crippen LogP contribution in [-0.2, 0) is 9.53 Å². The highest BCUT2D eigenvalue weighted by molar-refractivity contribution is 5.85. The van der Waals surface area contributed by atoms with Crippen LogP contribution < -0.4 is 5.32 Å². The van der Waals surface area contributed by atoms with Gasteiger partial charge in [-0.2, -0.15) is 0 Å². The molecule has 0 saturated carbocycles. The maximum absolute atomic E-state index is 10.6. The molecule has 1 aromatic carbocycles. The van der Waals surface area contributed by atoms with Crippen molar-refractivity contribution in [3.8, 4) is 0 Å².